The lowest BCUT2D eigenvalue weighted by molar-refractivity contribution is -0.151. The number of fused-ring (bicyclic) bond motifs is 1. The van der Waals surface area contributed by atoms with Gasteiger partial charge < -0.3 is 4.74 Å². The van der Waals surface area contributed by atoms with E-state index in [-0.39, 0.29) is 11.8 Å². The van der Waals surface area contributed by atoms with E-state index in [1.165, 1.54) is 12.0 Å². The van der Waals surface area contributed by atoms with Gasteiger partial charge in [0.15, 0.2) is 0 Å². The van der Waals surface area contributed by atoms with E-state index in [1.807, 2.05) is 50.2 Å². The molecule has 2 aromatic rings. The van der Waals surface area contributed by atoms with Crippen LogP contribution in [0.15, 0.2) is 48.5 Å². The number of hydrogen-bond acceptors (Lipinski definition) is 5. The van der Waals surface area contributed by atoms with E-state index >= 15 is 0 Å². The van der Waals surface area contributed by atoms with Gasteiger partial charge >= 0.3 is 5.97 Å². The van der Waals surface area contributed by atoms with Crippen LogP contribution in [0.4, 0.5) is 5.69 Å². The lowest BCUT2D eigenvalue weighted by atomic mass is 9.80. The van der Waals surface area contributed by atoms with Gasteiger partial charge in [-0.3, -0.25) is 19.7 Å². The molecule has 29 heavy (non-hydrogen) atoms. The number of imide groups is 1. The first-order valence-electron chi connectivity index (χ1n) is 9.65. The summed E-state index contributed by atoms with van der Waals surface area (Å²) in [6.45, 7) is 5.55. The number of ether oxygens (including phenoxy) is 1. The monoisotopic (exact) mass is 392 g/mol. The zero-order valence-electron chi connectivity index (χ0n) is 16.9. The van der Waals surface area contributed by atoms with Gasteiger partial charge in [-0.15, -0.1) is 0 Å². The van der Waals surface area contributed by atoms with E-state index in [2.05, 4.69) is 5.32 Å². The summed E-state index contributed by atoms with van der Waals surface area (Å²) < 4.78 is 5.02. The van der Waals surface area contributed by atoms with Crippen molar-refractivity contribution in [3.8, 4) is 0 Å². The molecule has 0 radical (unpaired) electrons. The molecule has 0 saturated carbocycles. The first kappa shape index (κ1) is 19.3. The first-order chi connectivity index (χ1) is 13.8. The molecular formula is C23H24N2O4. The molecule has 0 aliphatic carbocycles. The molecule has 0 bridgehead atoms. The van der Waals surface area contributed by atoms with Gasteiger partial charge in [0.1, 0.15) is 5.54 Å². The van der Waals surface area contributed by atoms with Gasteiger partial charge in [-0.2, -0.15) is 0 Å². The predicted octanol–water partition coefficient (Wildman–Crippen LogP) is 2.69. The van der Waals surface area contributed by atoms with Crippen LogP contribution >= 0.6 is 0 Å². The number of benzene rings is 2. The maximum absolute atomic E-state index is 13.5. The summed E-state index contributed by atoms with van der Waals surface area (Å²) in [5.41, 5.74) is 2.16. The number of anilines is 1. The summed E-state index contributed by atoms with van der Waals surface area (Å²) in [7, 11) is 1.30. The largest absolute Gasteiger partial charge is 0.468 e. The summed E-state index contributed by atoms with van der Waals surface area (Å²) in [5, 5.41) is 3.28. The van der Waals surface area contributed by atoms with Crippen LogP contribution in [-0.4, -0.2) is 30.4 Å². The van der Waals surface area contributed by atoms with Crippen molar-refractivity contribution in [3.63, 3.8) is 0 Å². The van der Waals surface area contributed by atoms with Crippen LogP contribution in [0.3, 0.4) is 0 Å². The second-order valence-corrected chi connectivity index (χ2v) is 8.02. The molecule has 0 unspecified atom stereocenters. The minimum absolute atomic E-state index is 0.294. The Hall–Kier alpha value is -2.99. The third-order valence-corrected chi connectivity index (χ3v) is 6.21. The smallest absolute Gasteiger partial charge is 0.326 e. The predicted molar refractivity (Wildman–Crippen MR) is 108 cm³/mol. The van der Waals surface area contributed by atoms with Crippen LogP contribution in [0.5, 0.6) is 0 Å². The molecule has 4 atom stereocenters. The summed E-state index contributed by atoms with van der Waals surface area (Å²) in [4.78, 5) is 40.9. The van der Waals surface area contributed by atoms with E-state index in [0.29, 0.717) is 5.69 Å². The molecule has 2 aliphatic rings. The lowest BCUT2D eigenvalue weighted by Crippen LogP contribution is -2.54. The number of carbonyl (C=O) groups is 3. The first-order valence-corrected chi connectivity index (χ1v) is 9.65. The van der Waals surface area contributed by atoms with Gasteiger partial charge in [-0.1, -0.05) is 42.0 Å². The Kier molecular flexibility index (Phi) is 4.54. The molecule has 150 valence electrons. The SMILES string of the molecule is COC(=O)[C@]1(C)N[C@H](c2ccccc2C)[C@H]2C(=O)N(c3ccc(C)cc3)C(=O)[C@H]21. The fourth-order valence-electron chi connectivity index (χ4n) is 4.69. The van der Waals surface area contributed by atoms with Gasteiger partial charge in [0, 0.05) is 6.04 Å². The minimum Gasteiger partial charge on any atom is -0.468 e. The molecule has 2 aromatic carbocycles. The van der Waals surface area contributed by atoms with Crippen LogP contribution in [0.1, 0.15) is 29.7 Å². The zero-order chi connectivity index (χ0) is 20.9. The summed E-state index contributed by atoms with van der Waals surface area (Å²) in [5.74, 6) is -2.74. The van der Waals surface area contributed by atoms with Gasteiger partial charge in [0.2, 0.25) is 11.8 Å². The van der Waals surface area contributed by atoms with Crippen molar-refractivity contribution < 1.29 is 19.1 Å². The Morgan fingerprint density at radius 1 is 1.03 bits per heavy atom. The number of hydrogen-bond donors (Lipinski definition) is 1. The average Bonchev–Trinajstić information content (AvgIpc) is 3.16. The van der Waals surface area contributed by atoms with Gasteiger partial charge in [-0.25, -0.2) is 4.90 Å². The Morgan fingerprint density at radius 3 is 2.31 bits per heavy atom. The maximum Gasteiger partial charge on any atom is 0.326 e. The van der Waals surface area contributed by atoms with Gasteiger partial charge in [0.05, 0.1) is 24.6 Å². The number of amides is 2. The van der Waals surface area contributed by atoms with Crippen LogP contribution < -0.4 is 10.2 Å². The fourth-order valence-corrected chi connectivity index (χ4v) is 4.69. The molecule has 0 aromatic heterocycles. The fraction of sp³-hybridized carbons (Fsp3) is 0.348. The van der Waals surface area contributed by atoms with Crippen LogP contribution in [0.2, 0.25) is 0 Å². The molecule has 4 rings (SSSR count). The molecule has 6 nitrogen and oxygen atoms in total. The molecule has 6 heteroatoms. The van der Waals surface area contributed by atoms with Crippen LogP contribution in [0.25, 0.3) is 0 Å². The van der Waals surface area contributed by atoms with Gasteiger partial charge in [-0.05, 0) is 44.0 Å². The summed E-state index contributed by atoms with van der Waals surface area (Å²) in [6.07, 6.45) is 0. The number of carbonyl (C=O) groups excluding carboxylic acids is 3. The third kappa shape index (κ3) is 2.78. The Balaban J connectivity index is 1.84. The number of nitrogens with one attached hydrogen (secondary N) is 1. The normalized spacial score (nSPS) is 28.6. The topological polar surface area (TPSA) is 75.7 Å². The molecule has 2 aliphatic heterocycles. The quantitative estimate of drug-likeness (QED) is 0.642. The van der Waals surface area contributed by atoms with Crippen molar-refractivity contribution in [3.05, 3.63) is 65.2 Å². The van der Waals surface area contributed by atoms with Crippen molar-refractivity contribution in [1.82, 2.24) is 5.32 Å². The van der Waals surface area contributed by atoms with Crippen LogP contribution in [-0.2, 0) is 19.1 Å². The summed E-state index contributed by atoms with van der Waals surface area (Å²) in [6, 6.07) is 14.5. The second-order valence-electron chi connectivity index (χ2n) is 8.02. The molecule has 2 saturated heterocycles. The molecule has 2 amide bonds. The number of aryl methyl sites for hydroxylation is 2. The van der Waals surface area contributed by atoms with E-state index in [9.17, 15) is 14.4 Å². The Labute approximate surface area is 169 Å². The number of rotatable bonds is 3. The third-order valence-electron chi connectivity index (χ3n) is 6.21. The average molecular weight is 392 g/mol. The lowest BCUT2D eigenvalue weighted by Gasteiger charge is -2.29. The molecule has 2 fully saturated rings. The van der Waals surface area contributed by atoms with Crippen molar-refractivity contribution >= 4 is 23.5 Å². The van der Waals surface area contributed by atoms with Crippen molar-refractivity contribution in [2.45, 2.75) is 32.4 Å². The number of nitrogens with zero attached hydrogens (tertiary/aromatic N) is 1. The van der Waals surface area contributed by atoms with E-state index in [1.54, 1.807) is 19.1 Å². The highest BCUT2D eigenvalue weighted by Gasteiger charge is 2.67. The molecular weight excluding hydrogens is 368 g/mol. The van der Waals surface area contributed by atoms with E-state index in [0.717, 1.165) is 16.7 Å². The van der Waals surface area contributed by atoms with Gasteiger partial charge in [0.25, 0.3) is 0 Å². The molecule has 0 spiro atoms. The molecule has 2 heterocycles. The highest BCUT2D eigenvalue weighted by molar-refractivity contribution is 6.24. The highest BCUT2D eigenvalue weighted by atomic mass is 16.5. The Morgan fingerprint density at radius 2 is 1.69 bits per heavy atom. The highest BCUT2D eigenvalue weighted by Crippen LogP contribution is 2.50. The van der Waals surface area contributed by atoms with Crippen molar-refractivity contribution in [2.75, 3.05) is 12.0 Å². The van der Waals surface area contributed by atoms with Crippen molar-refractivity contribution in [1.29, 1.82) is 0 Å². The van der Waals surface area contributed by atoms with Crippen LogP contribution in [0, 0.1) is 25.7 Å². The maximum atomic E-state index is 13.5. The molecule has 1 N–H and O–H groups in total. The summed E-state index contributed by atoms with van der Waals surface area (Å²) >= 11 is 0. The number of esters is 1. The standard InChI is InChI=1S/C23H24N2O4/c1-13-9-11-15(12-10-13)25-20(26)17-18(21(25)27)23(3,22(28)29-4)24-19(17)16-8-6-5-7-14(16)2/h5-12,17-19,24H,1-4H3/t17-,18-,19+,23+/m0/s1. The number of methoxy groups -OCH3 is 1. The Bertz CT molecular complexity index is 1000. The van der Waals surface area contributed by atoms with Crippen molar-refractivity contribution in [2.24, 2.45) is 11.8 Å². The van der Waals surface area contributed by atoms with E-state index in [4.69, 9.17) is 4.74 Å². The minimum atomic E-state index is -1.29. The van der Waals surface area contributed by atoms with E-state index < -0.39 is 29.4 Å². The second kappa shape index (κ2) is 6.81. The zero-order valence-corrected chi connectivity index (χ0v) is 16.9.